The summed E-state index contributed by atoms with van der Waals surface area (Å²) in [5.74, 6) is 0. The Bertz CT molecular complexity index is 1130. The van der Waals surface area contributed by atoms with E-state index in [1.54, 1.807) is 12.4 Å². The Morgan fingerprint density at radius 3 is 1.47 bits per heavy atom. The SMILES string of the molecule is CC(OC(=O)OC(C)c1ccccc1[As]c1ccccn1)c1ccccc1[As]c1ccccn1. The van der Waals surface area contributed by atoms with E-state index >= 15 is 0 Å². The van der Waals surface area contributed by atoms with E-state index in [1.165, 1.54) is 0 Å². The first-order valence-corrected chi connectivity index (χ1v) is 14.7. The van der Waals surface area contributed by atoms with Gasteiger partial charge in [0, 0.05) is 0 Å². The molecule has 0 amide bonds. The molecule has 170 valence electrons. The molecular formula is C27H24As2N2O3. The quantitative estimate of drug-likeness (QED) is 0.240. The number of hydrogen-bond acceptors (Lipinski definition) is 5. The van der Waals surface area contributed by atoms with E-state index in [1.807, 2.05) is 86.6 Å². The van der Waals surface area contributed by atoms with E-state index in [0.29, 0.717) is 0 Å². The number of benzene rings is 2. The third-order valence-electron chi connectivity index (χ3n) is 5.06. The van der Waals surface area contributed by atoms with Crippen molar-refractivity contribution < 1.29 is 14.3 Å². The van der Waals surface area contributed by atoms with Gasteiger partial charge in [-0.15, -0.1) is 0 Å². The number of ether oxygens (including phenoxy) is 2. The first-order chi connectivity index (χ1) is 16.6. The number of carbonyl (C=O) groups is 1. The van der Waals surface area contributed by atoms with E-state index in [-0.39, 0.29) is 31.5 Å². The van der Waals surface area contributed by atoms with Crippen molar-refractivity contribution in [2.24, 2.45) is 0 Å². The Kier molecular flexibility index (Phi) is 8.57. The van der Waals surface area contributed by atoms with Crippen LogP contribution in [0.15, 0.2) is 97.3 Å². The molecule has 0 aliphatic rings. The van der Waals surface area contributed by atoms with Gasteiger partial charge in [-0.1, -0.05) is 0 Å². The molecule has 2 radical (unpaired) electrons. The molecule has 0 saturated carbocycles. The maximum atomic E-state index is 12.7. The monoisotopic (exact) mass is 574 g/mol. The van der Waals surface area contributed by atoms with Crippen LogP contribution in [0.5, 0.6) is 0 Å². The van der Waals surface area contributed by atoms with Crippen LogP contribution in [0.4, 0.5) is 4.79 Å². The number of hydrogen-bond donors (Lipinski definition) is 0. The molecule has 2 aromatic carbocycles. The molecule has 2 heterocycles. The minimum atomic E-state index is -0.673. The number of rotatable bonds is 8. The van der Waals surface area contributed by atoms with Crippen LogP contribution >= 0.6 is 0 Å². The van der Waals surface area contributed by atoms with Crippen LogP contribution in [-0.4, -0.2) is 47.6 Å². The molecule has 2 aromatic heterocycles. The Labute approximate surface area is 213 Å². The summed E-state index contributed by atoms with van der Waals surface area (Å²) in [6.07, 6.45) is 2.09. The van der Waals surface area contributed by atoms with Gasteiger partial charge in [-0.2, -0.15) is 0 Å². The molecule has 7 heteroatoms. The van der Waals surface area contributed by atoms with Gasteiger partial charge >= 0.3 is 214 Å². The van der Waals surface area contributed by atoms with Crippen molar-refractivity contribution in [2.45, 2.75) is 26.1 Å². The molecule has 0 spiro atoms. The second-order valence-electron chi connectivity index (χ2n) is 7.49. The first kappa shape index (κ1) is 24.3. The van der Waals surface area contributed by atoms with Crippen molar-refractivity contribution in [1.82, 2.24) is 9.97 Å². The molecule has 34 heavy (non-hydrogen) atoms. The molecule has 4 aromatic rings. The molecule has 4 rings (SSSR count). The molecule has 0 bridgehead atoms. The van der Waals surface area contributed by atoms with E-state index in [4.69, 9.17) is 9.47 Å². The zero-order valence-corrected chi connectivity index (χ0v) is 22.7. The molecular weight excluding hydrogens is 550 g/mol. The van der Waals surface area contributed by atoms with Crippen molar-refractivity contribution in [1.29, 1.82) is 0 Å². The van der Waals surface area contributed by atoms with Gasteiger partial charge in [0.05, 0.1) is 0 Å². The fraction of sp³-hybridized carbons (Fsp3) is 0.148. The summed E-state index contributed by atoms with van der Waals surface area (Å²) < 4.78 is 15.8. The zero-order chi connectivity index (χ0) is 23.8. The van der Waals surface area contributed by atoms with E-state index in [9.17, 15) is 4.79 Å². The second kappa shape index (κ2) is 12.0. The van der Waals surface area contributed by atoms with Crippen LogP contribution in [0.1, 0.15) is 37.2 Å². The van der Waals surface area contributed by atoms with Gasteiger partial charge in [-0.3, -0.25) is 0 Å². The summed E-state index contributed by atoms with van der Waals surface area (Å²) in [5, 5.41) is 0. The van der Waals surface area contributed by atoms with Gasteiger partial charge < -0.3 is 0 Å². The normalized spacial score (nSPS) is 13.2. The van der Waals surface area contributed by atoms with Crippen LogP contribution < -0.4 is 17.7 Å². The van der Waals surface area contributed by atoms with E-state index in [2.05, 4.69) is 22.1 Å². The molecule has 0 N–H and O–H groups in total. The van der Waals surface area contributed by atoms with Gasteiger partial charge in [0.15, 0.2) is 0 Å². The summed E-state index contributed by atoms with van der Waals surface area (Å²) in [7, 11) is 0. The van der Waals surface area contributed by atoms with Crippen LogP contribution in [0.2, 0.25) is 0 Å². The fourth-order valence-corrected chi connectivity index (χ4v) is 7.92. The standard InChI is InChI=1S/C27H24As2N2O3/c1-19(21-11-3-5-13-23(21)28-25-15-7-9-17-30-25)33-27(32)34-20(2)22-12-4-6-14-24(22)29-26-16-8-10-18-31-26/h3-20H,1-2H3. The van der Waals surface area contributed by atoms with Crippen molar-refractivity contribution in [2.75, 3.05) is 0 Å². The molecule has 0 saturated heterocycles. The molecule has 5 nitrogen and oxygen atoms in total. The first-order valence-electron chi connectivity index (χ1n) is 10.9. The molecule has 0 fully saturated rings. The van der Waals surface area contributed by atoms with Gasteiger partial charge in [0.2, 0.25) is 0 Å². The van der Waals surface area contributed by atoms with E-state index < -0.39 is 18.4 Å². The second-order valence-corrected chi connectivity index (χ2v) is 12.4. The summed E-state index contributed by atoms with van der Waals surface area (Å²) in [5.41, 5.74) is 1.97. The van der Waals surface area contributed by atoms with Crippen molar-refractivity contribution >= 4 is 55.3 Å². The summed E-state index contributed by atoms with van der Waals surface area (Å²) in [4.78, 5) is 21.6. The Balaban J connectivity index is 1.42. The molecule has 0 aliphatic carbocycles. The third kappa shape index (κ3) is 6.59. The maximum absolute atomic E-state index is 12.7. The number of carbonyl (C=O) groups excluding carboxylic acids is 1. The zero-order valence-electron chi connectivity index (χ0n) is 18.9. The van der Waals surface area contributed by atoms with Crippen LogP contribution in [0.3, 0.4) is 0 Å². The summed E-state index contributed by atoms with van der Waals surface area (Å²) in [6.45, 7) is 3.76. The van der Waals surface area contributed by atoms with Crippen LogP contribution in [0, 0.1) is 0 Å². The average molecular weight is 574 g/mol. The summed E-state index contributed by atoms with van der Waals surface area (Å²) in [6, 6.07) is 28.0. The van der Waals surface area contributed by atoms with Crippen molar-refractivity contribution in [3.05, 3.63) is 108 Å². The summed E-state index contributed by atoms with van der Waals surface area (Å²) >= 11 is -0.625. The van der Waals surface area contributed by atoms with Gasteiger partial charge in [0.25, 0.3) is 0 Å². The number of pyridine rings is 2. The topological polar surface area (TPSA) is 61.3 Å². The van der Waals surface area contributed by atoms with Crippen LogP contribution in [-0.2, 0) is 9.47 Å². The molecule has 2 atom stereocenters. The Morgan fingerprint density at radius 2 is 1.06 bits per heavy atom. The Hall–Kier alpha value is -2.87. The minimum absolute atomic E-state index is 0.312. The van der Waals surface area contributed by atoms with Crippen molar-refractivity contribution in [3.63, 3.8) is 0 Å². The predicted molar refractivity (Wildman–Crippen MR) is 136 cm³/mol. The fourth-order valence-electron chi connectivity index (χ4n) is 3.40. The molecule has 2 unspecified atom stereocenters. The third-order valence-corrected chi connectivity index (χ3v) is 9.86. The van der Waals surface area contributed by atoms with Crippen LogP contribution in [0.25, 0.3) is 0 Å². The van der Waals surface area contributed by atoms with E-state index in [0.717, 1.165) is 28.8 Å². The van der Waals surface area contributed by atoms with Gasteiger partial charge in [-0.25, -0.2) is 0 Å². The number of nitrogens with zero attached hydrogens (tertiary/aromatic N) is 2. The van der Waals surface area contributed by atoms with Crippen molar-refractivity contribution in [3.8, 4) is 0 Å². The Morgan fingerprint density at radius 1 is 0.647 bits per heavy atom. The average Bonchev–Trinajstić information content (AvgIpc) is 2.86. The van der Waals surface area contributed by atoms with Gasteiger partial charge in [0.1, 0.15) is 0 Å². The van der Waals surface area contributed by atoms with Gasteiger partial charge in [-0.05, 0) is 0 Å². The molecule has 0 aliphatic heterocycles. The predicted octanol–water partition coefficient (Wildman–Crippen LogP) is 2.76. The number of aromatic nitrogens is 2.